The van der Waals surface area contributed by atoms with E-state index in [0.717, 1.165) is 49.9 Å². The van der Waals surface area contributed by atoms with Gasteiger partial charge in [0, 0.05) is 68.4 Å². The monoisotopic (exact) mass is 993 g/mol. The number of pyridine rings is 2. The Hall–Kier alpha value is -7.81. The minimum atomic E-state index is -1.91. The molecule has 11 rings (SSSR count). The fraction of sp³-hybridized carbons (Fsp3) is 0.317. The van der Waals surface area contributed by atoms with Crippen LogP contribution in [0, 0.1) is 0 Å². The third-order valence-electron chi connectivity index (χ3n) is 15.1. The number of amides is 2. The minimum Gasteiger partial charge on any atom is -0.488 e. The molecule has 14 heteroatoms. The molecule has 7 aromatic rings. The summed E-state index contributed by atoms with van der Waals surface area (Å²) >= 11 is 0. The van der Waals surface area contributed by atoms with Crippen LogP contribution in [0.15, 0.2) is 120 Å². The summed E-state index contributed by atoms with van der Waals surface area (Å²) in [6, 6.07) is 37.4. The maximum absolute atomic E-state index is 14.6. The smallest absolute Gasteiger partial charge is 0.415 e. The SMILES string of the molecule is CCc1c2c(nc3ccc(OC(=O)N4CCN(Cc5ccc6c(c5)CN(C(=O)c5cc(C(C)C)c(OCc7ccccc7)cc5OCc5ccccc5)C6)CC4)cc13)-c1cc3c(c(=O)n1C2)COC(=O)C3(O)CC. The summed E-state index contributed by atoms with van der Waals surface area (Å²) in [7, 11) is 0. The Balaban J connectivity index is 0.736. The van der Waals surface area contributed by atoms with Gasteiger partial charge in [0.1, 0.15) is 37.1 Å². The van der Waals surface area contributed by atoms with E-state index in [2.05, 4.69) is 36.9 Å². The van der Waals surface area contributed by atoms with Crippen molar-refractivity contribution in [2.75, 3.05) is 26.2 Å². The van der Waals surface area contributed by atoms with Crippen LogP contribution in [0.5, 0.6) is 17.2 Å². The van der Waals surface area contributed by atoms with Crippen LogP contribution in [0.3, 0.4) is 0 Å². The van der Waals surface area contributed by atoms with Crippen molar-refractivity contribution in [2.45, 2.75) is 98.1 Å². The highest BCUT2D eigenvalue weighted by atomic mass is 16.6. The lowest BCUT2D eigenvalue weighted by molar-refractivity contribution is -0.172. The summed E-state index contributed by atoms with van der Waals surface area (Å²) < 4.78 is 25.7. The second kappa shape index (κ2) is 19.9. The predicted octanol–water partition coefficient (Wildman–Crippen LogP) is 9.40. The van der Waals surface area contributed by atoms with E-state index in [9.17, 15) is 24.3 Å². The van der Waals surface area contributed by atoms with Crippen LogP contribution in [-0.4, -0.2) is 73.5 Å². The lowest BCUT2D eigenvalue weighted by Crippen LogP contribution is -2.49. The van der Waals surface area contributed by atoms with Gasteiger partial charge in [-0.25, -0.2) is 14.6 Å². The molecule has 1 N–H and O–H groups in total. The molecule has 4 aliphatic rings. The van der Waals surface area contributed by atoms with E-state index in [1.54, 1.807) is 28.5 Å². The minimum absolute atomic E-state index is 0.0657. The van der Waals surface area contributed by atoms with Gasteiger partial charge in [0.15, 0.2) is 5.60 Å². The van der Waals surface area contributed by atoms with Crippen molar-refractivity contribution in [2.24, 2.45) is 0 Å². The van der Waals surface area contributed by atoms with Gasteiger partial charge < -0.3 is 38.4 Å². The molecule has 1 fully saturated rings. The number of benzene rings is 5. The van der Waals surface area contributed by atoms with Crippen LogP contribution in [-0.2, 0) is 67.6 Å². The number of aromatic nitrogens is 2. The van der Waals surface area contributed by atoms with Gasteiger partial charge in [0.2, 0.25) is 0 Å². The van der Waals surface area contributed by atoms with Crippen molar-refractivity contribution in [1.82, 2.24) is 24.3 Å². The molecule has 0 saturated carbocycles. The molecule has 0 spiro atoms. The Morgan fingerprint density at radius 3 is 2.14 bits per heavy atom. The number of aliphatic hydroxyl groups is 1. The molecule has 378 valence electrons. The van der Waals surface area contributed by atoms with E-state index in [4.69, 9.17) is 23.9 Å². The molecule has 0 bridgehead atoms. The molecular formula is C60H59N5O9. The van der Waals surface area contributed by atoms with Crippen molar-refractivity contribution in [3.8, 4) is 28.6 Å². The van der Waals surface area contributed by atoms with Crippen molar-refractivity contribution >= 4 is 28.9 Å². The van der Waals surface area contributed by atoms with E-state index in [1.165, 1.54) is 0 Å². The molecule has 6 heterocycles. The Labute approximate surface area is 429 Å². The maximum Gasteiger partial charge on any atom is 0.415 e. The summed E-state index contributed by atoms with van der Waals surface area (Å²) in [5.74, 6) is 0.841. The first-order chi connectivity index (χ1) is 35.9. The lowest BCUT2D eigenvalue weighted by atomic mass is 9.86. The van der Waals surface area contributed by atoms with Gasteiger partial charge in [-0.05, 0) is 88.0 Å². The summed E-state index contributed by atoms with van der Waals surface area (Å²) in [6.45, 7) is 12.7. The number of hydrogen-bond donors (Lipinski definition) is 1. The third kappa shape index (κ3) is 9.06. The highest BCUT2D eigenvalue weighted by Crippen LogP contribution is 2.42. The largest absolute Gasteiger partial charge is 0.488 e. The average Bonchev–Trinajstić information content (AvgIpc) is 4.02. The van der Waals surface area contributed by atoms with Crippen molar-refractivity contribution in [3.63, 3.8) is 0 Å². The first kappa shape index (κ1) is 48.5. The van der Waals surface area contributed by atoms with Crippen LogP contribution in [0.25, 0.3) is 22.3 Å². The van der Waals surface area contributed by atoms with Gasteiger partial charge in [-0.3, -0.25) is 14.5 Å². The average molecular weight is 994 g/mol. The Morgan fingerprint density at radius 1 is 0.743 bits per heavy atom. The van der Waals surface area contributed by atoms with E-state index >= 15 is 0 Å². The summed E-state index contributed by atoms with van der Waals surface area (Å²) in [6.07, 6.45) is 0.276. The fourth-order valence-electron chi connectivity index (χ4n) is 10.9. The van der Waals surface area contributed by atoms with Crippen molar-refractivity contribution in [3.05, 3.63) is 187 Å². The van der Waals surface area contributed by atoms with E-state index in [0.29, 0.717) is 105 Å². The number of fused-ring (bicyclic) bond motifs is 6. The summed E-state index contributed by atoms with van der Waals surface area (Å²) in [4.78, 5) is 65.6. The zero-order valence-electron chi connectivity index (χ0n) is 42.2. The van der Waals surface area contributed by atoms with Crippen LogP contribution in [0.1, 0.15) is 106 Å². The van der Waals surface area contributed by atoms with Crippen LogP contribution < -0.4 is 19.8 Å². The maximum atomic E-state index is 14.6. The van der Waals surface area contributed by atoms with Gasteiger partial charge in [0.25, 0.3) is 11.5 Å². The molecule has 74 heavy (non-hydrogen) atoms. The Kier molecular flexibility index (Phi) is 13.0. The summed E-state index contributed by atoms with van der Waals surface area (Å²) in [5, 5.41) is 12.1. The lowest BCUT2D eigenvalue weighted by Gasteiger charge is -2.34. The molecule has 2 amide bonds. The van der Waals surface area contributed by atoms with Gasteiger partial charge in [-0.2, -0.15) is 0 Å². The van der Waals surface area contributed by atoms with Crippen LogP contribution in [0.2, 0.25) is 0 Å². The fourth-order valence-corrected chi connectivity index (χ4v) is 10.9. The van der Waals surface area contributed by atoms with E-state index in [-0.39, 0.29) is 48.1 Å². The first-order valence-electron chi connectivity index (χ1n) is 25.6. The number of cyclic esters (lactones) is 1. The number of ether oxygens (including phenoxy) is 4. The highest BCUT2D eigenvalue weighted by Gasteiger charge is 2.45. The number of piperazine rings is 1. The zero-order chi connectivity index (χ0) is 51.3. The number of hydrogen-bond acceptors (Lipinski definition) is 11. The predicted molar refractivity (Wildman–Crippen MR) is 279 cm³/mol. The molecule has 1 atom stereocenters. The van der Waals surface area contributed by atoms with Gasteiger partial charge in [-0.1, -0.05) is 107 Å². The number of aryl methyl sites for hydroxylation is 1. The second-order valence-electron chi connectivity index (χ2n) is 20.0. The number of esters is 1. The van der Waals surface area contributed by atoms with Crippen LogP contribution in [0.4, 0.5) is 4.79 Å². The second-order valence-corrected chi connectivity index (χ2v) is 20.0. The molecule has 5 aromatic carbocycles. The number of rotatable bonds is 13. The normalized spacial score (nSPS) is 16.9. The van der Waals surface area contributed by atoms with Crippen LogP contribution >= 0.6 is 0 Å². The zero-order valence-corrected chi connectivity index (χ0v) is 42.2. The van der Waals surface area contributed by atoms with Crippen molar-refractivity contribution in [1.29, 1.82) is 0 Å². The quantitative estimate of drug-likeness (QED) is 0.110. The molecule has 14 nitrogen and oxygen atoms in total. The standard InChI is InChI=1S/C60H59N5O9/c1-5-44-46-26-43(19-20-51(46)61-55-48(44)33-65-52(55)28-50-49(57(65)67)36-73-58(68)60(50,70)6-2)74-59(69)63-23-21-62(22-24-63)30-40-17-18-41-31-64(32-42(41)25-40)56(66)47-27-45(37(3)4)53(71-34-38-13-9-7-10-14-38)29-54(47)72-35-39-15-11-8-12-16-39/h7-20,25-29,37,70H,5-6,21-24,30-36H2,1-4H3. The van der Waals surface area contributed by atoms with E-state index < -0.39 is 17.7 Å². The van der Waals surface area contributed by atoms with Crippen molar-refractivity contribution < 1.29 is 38.4 Å². The topological polar surface area (TPSA) is 153 Å². The molecule has 2 aromatic heterocycles. The third-order valence-corrected chi connectivity index (χ3v) is 15.1. The number of carbonyl (C=O) groups is 3. The molecule has 0 radical (unpaired) electrons. The van der Waals surface area contributed by atoms with E-state index in [1.807, 2.05) is 96.8 Å². The van der Waals surface area contributed by atoms with Gasteiger partial charge in [0.05, 0.1) is 34.6 Å². The number of carbonyl (C=O) groups excluding carboxylic acids is 3. The Morgan fingerprint density at radius 2 is 1.45 bits per heavy atom. The molecule has 1 unspecified atom stereocenters. The summed E-state index contributed by atoms with van der Waals surface area (Å²) in [5.41, 5.74) is 8.95. The highest BCUT2D eigenvalue weighted by molar-refractivity contribution is 5.98. The van der Waals surface area contributed by atoms with Gasteiger partial charge in [-0.15, -0.1) is 0 Å². The van der Waals surface area contributed by atoms with Gasteiger partial charge >= 0.3 is 12.1 Å². The number of nitrogens with zero attached hydrogens (tertiary/aromatic N) is 5. The molecule has 4 aliphatic heterocycles. The first-order valence-corrected chi connectivity index (χ1v) is 25.6. The molecule has 0 aliphatic carbocycles. The molecular weight excluding hydrogens is 935 g/mol. The Bertz CT molecular complexity index is 3400. The molecule has 1 saturated heterocycles.